The molecule has 0 spiro atoms. The van der Waals surface area contributed by atoms with E-state index in [0.717, 1.165) is 17.9 Å². The van der Waals surface area contributed by atoms with Crippen LogP contribution in [0.2, 0.25) is 0 Å². The van der Waals surface area contributed by atoms with Crippen molar-refractivity contribution in [1.82, 2.24) is 5.32 Å². The zero-order chi connectivity index (χ0) is 15.9. The molecule has 0 aliphatic rings. The standard InChI is InChI=1S/C16H27NO3S/c1-5-21(18,19)11-7-10-20-15-9-6-8-14(12-15)13-17-16(2,3)4/h6,8-9,12,17H,5,7,10-11,13H2,1-4H3. The predicted molar refractivity (Wildman–Crippen MR) is 87.5 cm³/mol. The molecule has 1 aromatic carbocycles. The third-order valence-corrected chi connectivity index (χ3v) is 4.82. The second-order valence-electron chi connectivity index (χ2n) is 6.19. The second kappa shape index (κ2) is 7.80. The lowest BCUT2D eigenvalue weighted by atomic mass is 10.1. The highest BCUT2D eigenvalue weighted by molar-refractivity contribution is 7.91. The van der Waals surface area contributed by atoms with Crippen molar-refractivity contribution in [1.29, 1.82) is 0 Å². The maximum atomic E-state index is 11.4. The Morgan fingerprint density at radius 1 is 1.24 bits per heavy atom. The molecule has 21 heavy (non-hydrogen) atoms. The van der Waals surface area contributed by atoms with E-state index in [0.29, 0.717) is 13.0 Å². The number of hydrogen-bond donors (Lipinski definition) is 1. The van der Waals surface area contributed by atoms with Gasteiger partial charge in [0, 0.05) is 17.8 Å². The number of nitrogens with one attached hydrogen (secondary N) is 1. The molecule has 0 radical (unpaired) electrons. The van der Waals surface area contributed by atoms with Gasteiger partial charge in [0.1, 0.15) is 15.6 Å². The Morgan fingerprint density at radius 3 is 2.57 bits per heavy atom. The van der Waals surface area contributed by atoms with Crippen LogP contribution in [0.1, 0.15) is 39.7 Å². The summed E-state index contributed by atoms with van der Waals surface area (Å²) in [4.78, 5) is 0. The van der Waals surface area contributed by atoms with Gasteiger partial charge < -0.3 is 10.1 Å². The van der Waals surface area contributed by atoms with Gasteiger partial charge in [-0.1, -0.05) is 19.1 Å². The molecular weight excluding hydrogens is 286 g/mol. The van der Waals surface area contributed by atoms with Gasteiger partial charge in [-0.3, -0.25) is 0 Å². The molecule has 0 fully saturated rings. The molecule has 1 aromatic rings. The van der Waals surface area contributed by atoms with E-state index < -0.39 is 9.84 Å². The summed E-state index contributed by atoms with van der Waals surface area (Å²) in [5, 5.41) is 3.43. The van der Waals surface area contributed by atoms with Crippen molar-refractivity contribution in [3.05, 3.63) is 29.8 Å². The summed E-state index contributed by atoms with van der Waals surface area (Å²) in [6.07, 6.45) is 0.528. The summed E-state index contributed by atoms with van der Waals surface area (Å²) in [6, 6.07) is 7.90. The van der Waals surface area contributed by atoms with Crippen LogP contribution >= 0.6 is 0 Å². The first-order chi connectivity index (χ1) is 9.72. The largest absolute Gasteiger partial charge is 0.494 e. The van der Waals surface area contributed by atoms with Gasteiger partial charge in [0.05, 0.1) is 12.4 Å². The molecule has 0 heterocycles. The van der Waals surface area contributed by atoms with Crippen LogP contribution in [0.4, 0.5) is 0 Å². The third-order valence-electron chi connectivity index (χ3n) is 3.03. The normalized spacial score (nSPS) is 12.4. The van der Waals surface area contributed by atoms with Crippen molar-refractivity contribution in [2.75, 3.05) is 18.1 Å². The highest BCUT2D eigenvalue weighted by Crippen LogP contribution is 2.14. The molecule has 1 rings (SSSR count). The van der Waals surface area contributed by atoms with Crippen molar-refractivity contribution in [3.8, 4) is 5.75 Å². The van der Waals surface area contributed by atoms with Crippen LogP contribution in [0, 0.1) is 0 Å². The third kappa shape index (κ3) is 8.07. The summed E-state index contributed by atoms with van der Waals surface area (Å²) in [7, 11) is -2.90. The summed E-state index contributed by atoms with van der Waals surface area (Å²) in [5.41, 5.74) is 1.23. The molecule has 0 bridgehead atoms. The van der Waals surface area contributed by atoms with Crippen molar-refractivity contribution in [3.63, 3.8) is 0 Å². The number of rotatable bonds is 8. The zero-order valence-electron chi connectivity index (χ0n) is 13.5. The number of hydrogen-bond acceptors (Lipinski definition) is 4. The van der Waals surface area contributed by atoms with Crippen molar-refractivity contribution in [2.24, 2.45) is 0 Å². The van der Waals surface area contributed by atoms with Gasteiger partial charge in [-0.2, -0.15) is 0 Å². The molecule has 0 amide bonds. The van der Waals surface area contributed by atoms with Crippen LogP contribution in [-0.4, -0.2) is 32.1 Å². The van der Waals surface area contributed by atoms with E-state index in [4.69, 9.17) is 4.74 Å². The summed E-state index contributed by atoms with van der Waals surface area (Å²) < 4.78 is 28.4. The molecule has 120 valence electrons. The first-order valence-electron chi connectivity index (χ1n) is 7.39. The van der Waals surface area contributed by atoms with Gasteiger partial charge >= 0.3 is 0 Å². The maximum absolute atomic E-state index is 11.4. The fourth-order valence-electron chi connectivity index (χ4n) is 1.73. The van der Waals surface area contributed by atoms with Gasteiger partial charge in [-0.05, 0) is 44.9 Å². The van der Waals surface area contributed by atoms with E-state index in [1.54, 1.807) is 6.92 Å². The minimum absolute atomic E-state index is 0.0748. The Kier molecular flexibility index (Phi) is 6.68. The molecule has 0 aliphatic carbocycles. The van der Waals surface area contributed by atoms with E-state index in [9.17, 15) is 8.42 Å². The highest BCUT2D eigenvalue weighted by Gasteiger charge is 2.09. The van der Waals surface area contributed by atoms with Crippen LogP contribution in [-0.2, 0) is 16.4 Å². The second-order valence-corrected chi connectivity index (χ2v) is 8.66. The Morgan fingerprint density at radius 2 is 1.95 bits per heavy atom. The van der Waals surface area contributed by atoms with Crippen LogP contribution < -0.4 is 10.1 Å². The van der Waals surface area contributed by atoms with Gasteiger partial charge in [0.15, 0.2) is 0 Å². The average Bonchev–Trinajstić information content (AvgIpc) is 2.41. The number of ether oxygens (including phenoxy) is 1. The minimum Gasteiger partial charge on any atom is -0.494 e. The Labute approximate surface area is 128 Å². The van der Waals surface area contributed by atoms with Crippen molar-refractivity contribution in [2.45, 2.75) is 46.2 Å². The lowest BCUT2D eigenvalue weighted by Crippen LogP contribution is -2.35. The molecule has 4 nitrogen and oxygen atoms in total. The molecule has 1 N–H and O–H groups in total. The lowest BCUT2D eigenvalue weighted by molar-refractivity contribution is 0.317. The molecule has 0 atom stereocenters. The molecular formula is C16H27NO3S. The Balaban J connectivity index is 2.42. The monoisotopic (exact) mass is 313 g/mol. The van der Waals surface area contributed by atoms with Crippen LogP contribution in [0.25, 0.3) is 0 Å². The maximum Gasteiger partial charge on any atom is 0.150 e. The molecule has 0 aromatic heterocycles. The van der Waals surface area contributed by atoms with Crippen molar-refractivity contribution >= 4 is 9.84 Å². The van der Waals surface area contributed by atoms with Crippen LogP contribution in [0.5, 0.6) is 5.75 Å². The van der Waals surface area contributed by atoms with Gasteiger partial charge in [-0.15, -0.1) is 0 Å². The van der Waals surface area contributed by atoms with E-state index in [1.165, 1.54) is 0 Å². The molecule has 0 saturated heterocycles. The lowest BCUT2D eigenvalue weighted by Gasteiger charge is -2.20. The minimum atomic E-state index is -2.90. The van der Waals surface area contributed by atoms with Crippen LogP contribution in [0.15, 0.2) is 24.3 Å². The highest BCUT2D eigenvalue weighted by atomic mass is 32.2. The van der Waals surface area contributed by atoms with Gasteiger partial charge in [0.25, 0.3) is 0 Å². The molecule has 0 unspecified atom stereocenters. The number of sulfone groups is 1. The first kappa shape index (κ1) is 18.0. The van der Waals surface area contributed by atoms with E-state index in [1.807, 2.05) is 24.3 Å². The summed E-state index contributed by atoms with van der Waals surface area (Å²) in [6.45, 7) is 9.26. The predicted octanol–water partition coefficient (Wildman–Crippen LogP) is 2.78. The van der Waals surface area contributed by atoms with Crippen LogP contribution in [0.3, 0.4) is 0 Å². The summed E-state index contributed by atoms with van der Waals surface area (Å²) in [5.74, 6) is 1.17. The topological polar surface area (TPSA) is 55.4 Å². The molecule has 0 saturated carbocycles. The molecule has 5 heteroatoms. The number of benzene rings is 1. The van der Waals surface area contributed by atoms with E-state index in [2.05, 4.69) is 26.1 Å². The quantitative estimate of drug-likeness (QED) is 0.750. The van der Waals surface area contributed by atoms with Gasteiger partial charge in [-0.25, -0.2) is 8.42 Å². The first-order valence-corrected chi connectivity index (χ1v) is 9.21. The Bertz CT molecular complexity index is 533. The fourth-order valence-corrected chi connectivity index (χ4v) is 2.57. The smallest absolute Gasteiger partial charge is 0.150 e. The zero-order valence-corrected chi connectivity index (χ0v) is 14.3. The van der Waals surface area contributed by atoms with E-state index in [-0.39, 0.29) is 17.0 Å². The fraction of sp³-hybridized carbons (Fsp3) is 0.625. The van der Waals surface area contributed by atoms with E-state index >= 15 is 0 Å². The molecule has 0 aliphatic heterocycles. The van der Waals surface area contributed by atoms with Crippen molar-refractivity contribution < 1.29 is 13.2 Å². The SMILES string of the molecule is CCS(=O)(=O)CCCOc1cccc(CNC(C)(C)C)c1. The van der Waals surface area contributed by atoms with Gasteiger partial charge in [0.2, 0.25) is 0 Å². The Hall–Kier alpha value is -1.07. The summed E-state index contributed by atoms with van der Waals surface area (Å²) >= 11 is 0. The average molecular weight is 313 g/mol.